The summed E-state index contributed by atoms with van der Waals surface area (Å²) in [6.45, 7) is 4.42. The van der Waals surface area contributed by atoms with Gasteiger partial charge in [-0.1, -0.05) is 13.8 Å². The van der Waals surface area contributed by atoms with Crippen molar-refractivity contribution in [3.8, 4) is 5.75 Å². The Kier molecular flexibility index (Phi) is 4.09. The lowest BCUT2D eigenvalue weighted by Crippen LogP contribution is -2.07. The van der Waals surface area contributed by atoms with E-state index in [1.54, 1.807) is 0 Å². The molecule has 0 unspecified atom stereocenters. The zero-order valence-corrected chi connectivity index (χ0v) is 9.34. The van der Waals surface area contributed by atoms with E-state index in [-0.39, 0.29) is 5.56 Å². The predicted octanol–water partition coefficient (Wildman–Crippen LogP) is 3.24. The zero-order valence-electron chi connectivity index (χ0n) is 8.59. The van der Waals surface area contributed by atoms with E-state index in [2.05, 4.69) is 0 Å². The monoisotopic (exact) mass is 230 g/mol. The SMILES string of the molecule is CC(C)COc1ccc(F)cc1C(=O)Cl. The largest absolute Gasteiger partial charge is 0.493 e. The molecule has 0 atom stereocenters. The Hall–Kier alpha value is -1.09. The molecule has 0 N–H and O–H groups in total. The molecule has 0 aliphatic rings. The molecule has 4 heteroatoms. The molecule has 1 aromatic carbocycles. The summed E-state index contributed by atoms with van der Waals surface area (Å²) in [6.07, 6.45) is 0. The quantitative estimate of drug-likeness (QED) is 0.743. The van der Waals surface area contributed by atoms with Gasteiger partial charge in [0.2, 0.25) is 0 Å². The van der Waals surface area contributed by atoms with E-state index in [0.29, 0.717) is 18.3 Å². The number of rotatable bonds is 4. The molecule has 0 bridgehead atoms. The fourth-order valence-corrected chi connectivity index (χ4v) is 1.19. The lowest BCUT2D eigenvalue weighted by atomic mass is 10.2. The van der Waals surface area contributed by atoms with Crippen LogP contribution in [0.3, 0.4) is 0 Å². The van der Waals surface area contributed by atoms with Crippen molar-refractivity contribution in [2.45, 2.75) is 13.8 Å². The minimum absolute atomic E-state index is 0.0670. The highest BCUT2D eigenvalue weighted by Crippen LogP contribution is 2.22. The Balaban J connectivity index is 2.91. The van der Waals surface area contributed by atoms with Crippen LogP contribution in [0.25, 0.3) is 0 Å². The summed E-state index contributed by atoms with van der Waals surface area (Å²) < 4.78 is 18.2. The van der Waals surface area contributed by atoms with E-state index in [4.69, 9.17) is 16.3 Å². The van der Waals surface area contributed by atoms with Gasteiger partial charge in [0.05, 0.1) is 12.2 Å². The van der Waals surface area contributed by atoms with Crippen molar-refractivity contribution in [3.05, 3.63) is 29.6 Å². The van der Waals surface area contributed by atoms with Gasteiger partial charge in [-0.2, -0.15) is 0 Å². The first-order chi connectivity index (χ1) is 7.00. The second-order valence-corrected chi connectivity index (χ2v) is 3.96. The summed E-state index contributed by atoms with van der Waals surface area (Å²) in [5.41, 5.74) is 0.0670. The molecule has 0 amide bonds. The van der Waals surface area contributed by atoms with Crippen LogP contribution in [-0.4, -0.2) is 11.8 Å². The summed E-state index contributed by atoms with van der Waals surface area (Å²) in [5, 5.41) is -0.715. The lowest BCUT2D eigenvalue weighted by Gasteiger charge is -2.10. The van der Waals surface area contributed by atoms with Crippen molar-refractivity contribution >= 4 is 16.8 Å². The van der Waals surface area contributed by atoms with Crippen LogP contribution in [0.4, 0.5) is 4.39 Å². The Bertz CT molecular complexity index is 364. The van der Waals surface area contributed by atoms with E-state index < -0.39 is 11.1 Å². The van der Waals surface area contributed by atoms with Crippen LogP contribution in [0.5, 0.6) is 5.75 Å². The van der Waals surface area contributed by atoms with Gasteiger partial charge in [-0.3, -0.25) is 4.79 Å². The number of carbonyl (C=O) groups is 1. The number of halogens is 2. The van der Waals surface area contributed by atoms with Crippen molar-refractivity contribution < 1.29 is 13.9 Å². The maximum absolute atomic E-state index is 12.8. The molecule has 0 aromatic heterocycles. The smallest absolute Gasteiger partial charge is 0.256 e. The molecule has 0 saturated carbocycles. The Morgan fingerprint density at radius 3 is 2.73 bits per heavy atom. The normalized spacial score (nSPS) is 10.5. The van der Waals surface area contributed by atoms with Crippen molar-refractivity contribution in [2.75, 3.05) is 6.61 Å². The van der Waals surface area contributed by atoms with Crippen molar-refractivity contribution in [3.63, 3.8) is 0 Å². The van der Waals surface area contributed by atoms with Crippen LogP contribution >= 0.6 is 11.6 Å². The topological polar surface area (TPSA) is 26.3 Å². The highest BCUT2D eigenvalue weighted by atomic mass is 35.5. The van der Waals surface area contributed by atoms with Crippen LogP contribution < -0.4 is 4.74 Å². The molecule has 0 heterocycles. The van der Waals surface area contributed by atoms with Gasteiger partial charge in [-0.15, -0.1) is 0 Å². The minimum atomic E-state index is -0.715. The van der Waals surface area contributed by atoms with Gasteiger partial charge < -0.3 is 4.74 Å². The molecule has 0 aliphatic carbocycles. The number of carbonyl (C=O) groups excluding carboxylic acids is 1. The van der Waals surface area contributed by atoms with Crippen molar-refractivity contribution in [1.29, 1.82) is 0 Å². The maximum Gasteiger partial charge on any atom is 0.256 e. The first-order valence-electron chi connectivity index (χ1n) is 4.63. The molecule has 82 valence electrons. The third-order valence-electron chi connectivity index (χ3n) is 1.73. The summed E-state index contributed by atoms with van der Waals surface area (Å²) in [7, 11) is 0. The highest BCUT2D eigenvalue weighted by molar-refractivity contribution is 6.68. The first-order valence-corrected chi connectivity index (χ1v) is 5.00. The first kappa shape index (κ1) is 12.0. The van der Waals surface area contributed by atoms with Gasteiger partial charge in [0.25, 0.3) is 5.24 Å². The number of hydrogen-bond donors (Lipinski definition) is 0. The van der Waals surface area contributed by atoms with Gasteiger partial charge in [0.15, 0.2) is 0 Å². The highest BCUT2D eigenvalue weighted by Gasteiger charge is 2.11. The van der Waals surface area contributed by atoms with Gasteiger partial charge >= 0.3 is 0 Å². The van der Waals surface area contributed by atoms with Gasteiger partial charge in [-0.25, -0.2) is 4.39 Å². The number of hydrogen-bond acceptors (Lipinski definition) is 2. The molecule has 1 aromatic rings. The minimum Gasteiger partial charge on any atom is -0.493 e. The summed E-state index contributed by atoms with van der Waals surface area (Å²) in [5.74, 6) is 0.148. The third-order valence-corrected chi connectivity index (χ3v) is 1.93. The lowest BCUT2D eigenvalue weighted by molar-refractivity contribution is 0.107. The van der Waals surface area contributed by atoms with Crippen LogP contribution in [-0.2, 0) is 0 Å². The van der Waals surface area contributed by atoms with Gasteiger partial charge in [-0.05, 0) is 35.7 Å². The van der Waals surface area contributed by atoms with Gasteiger partial charge in [0, 0.05) is 0 Å². The van der Waals surface area contributed by atoms with Crippen LogP contribution in [0, 0.1) is 11.7 Å². The molecule has 0 fully saturated rings. The zero-order chi connectivity index (χ0) is 11.4. The number of ether oxygens (including phenoxy) is 1. The maximum atomic E-state index is 12.8. The molecule has 0 saturated heterocycles. The Morgan fingerprint density at radius 1 is 1.53 bits per heavy atom. The van der Waals surface area contributed by atoms with Crippen LogP contribution in [0.15, 0.2) is 18.2 Å². The van der Waals surface area contributed by atoms with E-state index in [9.17, 15) is 9.18 Å². The second kappa shape index (κ2) is 5.12. The molecular weight excluding hydrogens is 219 g/mol. The molecule has 0 aliphatic heterocycles. The average Bonchev–Trinajstić information content (AvgIpc) is 2.15. The Labute approximate surface area is 93.0 Å². The van der Waals surface area contributed by atoms with E-state index in [1.807, 2.05) is 13.8 Å². The summed E-state index contributed by atoms with van der Waals surface area (Å²) in [6, 6.07) is 3.72. The van der Waals surface area contributed by atoms with Crippen LogP contribution in [0.1, 0.15) is 24.2 Å². The molecule has 0 radical (unpaired) electrons. The van der Waals surface area contributed by atoms with E-state index in [0.717, 1.165) is 6.07 Å². The average molecular weight is 231 g/mol. The molecule has 15 heavy (non-hydrogen) atoms. The fourth-order valence-electron chi connectivity index (χ4n) is 1.04. The van der Waals surface area contributed by atoms with E-state index in [1.165, 1.54) is 12.1 Å². The third kappa shape index (κ3) is 3.51. The second-order valence-electron chi connectivity index (χ2n) is 3.62. The van der Waals surface area contributed by atoms with Crippen molar-refractivity contribution in [1.82, 2.24) is 0 Å². The molecule has 2 nitrogen and oxygen atoms in total. The Morgan fingerprint density at radius 2 is 2.20 bits per heavy atom. The predicted molar refractivity (Wildman–Crippen MR) is 56.9 cm³/mol. The summed E-state index contributed by atoms with van der Waals surface area (Å²) in [4.78, 5) is 11.0. The fraction of sp³-hybridized carbons (Fsp3) is 0.364. The van der Waals surface area contributed by atoms with E-state index >= 15 is 0 Å². The van der Waals surface area contributed by atoms with Crippen molar-refractivity contribution in [2.24, 2.45) is 5.92 Å². The molecular formula is C11H12ClFO2. The standard InChI is InChI=1S/C11H12ClFO2/c1-7(2)6-15-10-4-3-8(13)5-9(10)11(12)14/h3-5,7H,6H2,1-2H3. The molecule has 1 rings (SSSR count). The summed E-state index contributed by atoms with van der Waals surface area (Å²) >= 11 is 5.31. The van der Waals surface area contributed by atoms with Gasteiger partial charge in [0.1, 0.15) is 11.6 Å². The van der Waals surface area contributed by atoms with Crippen LogP contribution in [0.2, 0.25) is 0 Å². The molecule has 0 spiro atoms. The number of benzene rings is 1.